The van der Waals surface area contributed by atoms with E-state index >= 15 is 0 Å². The predicted octanol–water partition coefficient (Wildman–Crippen LogP) is 3.60. The van der Waals surface area contributed by atoms with E-state index in [0.29, 0.717) is 6.04 Å². The quantitative estimate of drug-likeness (QED) is 0.784. The Kier molecular flexibility index (Phi) is 6.65. The van der Waals surface area contributed by atoms with E-state index < -0.39 is 0 Å². The maximum absolute atomic E-state index is 9.37. The predicted molar refractivity (Wildman–Crippen MR) is 79.4 cm³/mol. The molecule has 104 valence electrons. The van der Waals surface area contributed by atoms with Gasteiger partial charge in [0.1, 0.15) is 0 Å². The molecule has 18 heavy (non-hydrogen) atoms. The van der Waals surface area contributed by atoms with E-state index in [4.69, 9.17) is 4.98 Å². The van der Waals surface area contributed by atoms with Gasteiger partial charge in [0.25, 0.3) is 0 Å². The van der Waals surface area contributed by atoms with Crippen molar-refractivity contribution >= 4 is 16.5 Å². The number of aromatic nitrogens is 1. The van der Waals surface area contributed by atoms with Crippen molar-refractivity contribution in [1.82, 2.24) is 4.98 Å². The smallest absolute Gasteiger partial charge is 0.186 e. The molecule has 0 saturated carbocycles. The van der Waals surface area contributed by atoms with Gasteiger partial charge >= 0.3 is 0 Å². The number of unbranched alkanes of at least 4 members (excludes halogenated alkanes) is 1. The summed E-state index contributed by atoms with van der Waals surface area (Å²) in [7, 11) is 0. The highest BCUT2D eigenvalue weighted by atomic mass is 32.1. The Labute approximate surface area is 115 Å². The second-order valence-corrected chi connectivity index (χ2v) is 5.74. The molecule has 1 aromatic heterocycles. The molecule has 1 heterocycles. The lowest BCUT2D eigenvalue weighted by Crippen LogP contribution is -2.33. The first-order valence-corrected chi connectivity index (χ1v) is 7.85. The number of nitrogens with zero attached hydrogens (tertiary/aromatic N) is 2. The molecule has 1 atom stereocenters. The van der Waals surface area contributed by atoms with Crippen LogP contribution in [0.5, 0.6) is 0 Å². The third-order valence-corrected chi connectivity index (χ3v) is 4.49. The third-order valence-electron chi connectivity index (χ3n) is 3.37. The minimum Gasteiger partial charge on any atom is -0.391 e. The van der Waals surface area contributed by atoms with Gasteiger partial charge in [0.2, 0.25) is 0 Å². The second-order valence-electron chi connectivity index (χ2n) is 4.68. The van der Waals surface area contributed by atoms with Crippen LogP contribution in [0.2, 0.25) is 0 Å². The number of aliphatic hydroxyl groups is 1. The number of anilines is 1. The molecule has 0 spiro atoms. The molecular formula is C14H26N2OS. The van der Waals surface area contributed by atoms with E-state index in [-0.39, 0.29) is 6.61 Å². The zero-order valence-corrected chi connectivity index (χ0v) is 12.9. The molecule has 0 aromatic carbocycles. The second kappa shape index (κ2) is 7.74. The topological polar surface area (TPSA) is 36.4 Å². The maximum atomic E-state index is 9.37. The molecule has 0 fully saturated rings. The molecule has 1 unspecified atom stereocenters. The summed E-state index contributed by atoms with van der Waals surface area (Å²) in [6.45, 7) is 9.95. The monoisotopic (exact) mass is 270 g/mol. The van der Waals surface area contributed by atoms with Crippen LogP contribution in [-0.2, 0) is 13.0 Å². The zero-order valence-electron chi connectivity index (χ0n) is 12.1. The summed E-state index contributed by atoms with van der Waals surface area (Å²) in [6.07, 6.45) is 4.42. The van der Waals surface area contributed by atoms with E-state index in [1.54, 1.807) is 11.3 Å². The normalized spacial score (nSPS) is 12.7. The molecule has 4 heteroatoms. The van der Waals surface area contributed by atoms with Crippen molar-refractivity contribution in [3.05, 3.63) is 10.6 Å². The van der Waals surface area contributed by atoms with Gasteiger partial charge in [-0.15, -0.1) is 0 Å². The highest BCUT2D eigenvalue weighted by Gasteiger charge is 2.18. The molecule has 0 bridgehead atoms. The van der Waals surface area contributed by atoms with E-state index in [1.165, 1.54) is 12.8 Å². The molecule has 0 aliphatic carbocycles. The highest BCUT2D eigenvalue weighted by molar-refractivity contribution is 7.15. The Bertz CT molecular complexity index is 330. The average Bonchev–Trinajstić information content (AvgIpc) is 2.81. The lowest BCUT2D eigenvalue weighted by molar-refractivity contribution is 0.284. The van der Waals surface area contributed by atoms with Gasteiger partial charge in [-0.2, -0.15) is 0 Å². The highest BCUT2D eigenvalue weighted by Crippen LogP contribution is 2.29. The first-order chi connectivity index (χ1) is 8.67. The van der Waals surface area contributed by atoms with Gasteiger partial charge in [-0.3, -0.25) is 0 Å². The number of aryl methyl sites for hydroxylation is 1. The van der Waals surface area contributed by atoms with E-state index in [0.717, 1.165) is 35.1 Å². The number of thiazole rings is 1. The Morgan fingerprint density at radius 3 is 2.50 bits per heavy atom. The van der Waals surface area contributed by atoms with Crippen LogP contribution in [0.4, 0.5) is 5.13 Å². The molecule has 1 rings (SSSR count). The Balaban J connectivity index is 2.93. The Morgan fingerprint density at radius 1 is 1.33 bits per heavy atom. The van der Waals surface area contributed by atoms with Crippen molar-refractivity contribution < 1.29 is 5.11 Å². The molecule has 0 saturated heterocycles. The minimum atomic E-state index is 0.114. The van der Waals surface area contributed by atoms with Gasteiger partial charge in [-0.25, -0.2) is 4.98 Å². The summed E-state index contributed by atoms with van der Waals surface area (Å²) in [4.78, 5) is 8.13. The fraction of sp³-hybridized carbons (Fsp3) is 0.786. The van der Waals surface area contributed by atoms with Crippen LogP contribution in [0.15, 0.2) is 0 Å². The van der Waals surface area contributed by atoms with E-state index in [9.17, 15) is 5.11 Å². The van der Waals surface area contributed by atoms with Gasteiger partial charge in [-0.1, -0.05) is 38.5 Å². The average molecular weight is 270 g/mol. The fourth-order valence-corrected chi connectivity index (χ4v) is 3.08. The summed E-state index contributed by atoms with van der Waals surface area (Å²) in [6, 6.07) is 0.513. The zero-order chi connectivity index (χ0) is 13.5. The minimum absolute atomic E-state index is 0.114. The van der Waals surface area contributed by atoms with Gasteiger partial charge < -0.3 is 10.0 Å². The van der Waals surface area contributed by atoms with Crippen molar-refractivity contribution in [3.63, 3.8) is 0 Å². The van der Waals surface area contributed by atoms with Crippen molar-refractivity contribution in [2.24, 2.45) is 0 Å². The summed E-state index contributed by atoms with van der Waals surface area (Å²) >= 11 is 1.65. The van der Waals surface area contributed by atoms with Crippen molar-refractivity contribution in [2.75, 3.05) is 11.4 Å². The van der Waals surface area contributed by atoms with Gasteiger partial charge in [0.05, 0.1) is 17.2 Å². The van der Waals surface area contributed by atoms with Crippen molar-refractivity contribution in [2.45, 2.75) is 66.0 Å². The van der Waals surface area contributed by atoms with Crippen LogP contribution in [0.1, 0.15) is 57.5 Å². The van der Waals surface area contributed by atoms with Crippen molar-refractivity contribution in [1.29, 1.82) is 0 Å². The first kappa shape index (κ1) is 15.4. The Morgan fingerprint density at radius 2 is 2.06 bits per heavy atom. The maximum Gasteiger partial charge on any atom is 0.186 e. The van der Waals surface area contributed by atoms with Crippen LogP contribution in [0.25, 0.3) is 0 Å². The summed E-state index contributed by atoms with van der Waals surface area (Å²) in [5, 5.41) is 10.5. The van der Waals surface area contributed by atoms with Crippen molar-refractivity contribution in [3.8, 4) is 0 Å². The largest absolute Gasteiger partial charge is 0.391 e. The van der Waals surface area contributed by atoms with E-state index in [2.05, 4.69) is 32.6 Å². The molecule has 0 radical (unpaired) electrons. The molecule has 1 N–H and O–H groups in total. The van der Waals surface area contributed by atoms with E-state index in [1.807, 2.05) is 0 Å². The first-order valence-electron chi connectivity index (χ1n) is 7.03. The van der Waals surface area contributed by atoms with Crippen LogP contribution in [-0.4, -0.2) is 22.7 Å². The Hall–Kier alpha value is -0.610. The lowest BCUT2D eigenvalue weighted by Gasteiger charge is -2.28. The van der Waals surface area contributed by atoms with Crippen LogP contribution in [0.3, 0.4) is 0 Å². The molecule has 3 nitrogen and oxygen atoms in total. The van der Waals surface area contributed by atoms with Gasteiger partial charge in [0.15, 0.2) is 5.13 Å². The fourth-order valence-electron chi connectivity index (χ4n) is 1.95. The molecule has 0 aliphatic rings. The molecular weight excluding hydrogens is 244 g/mol. The molecule has 1 aromatic rings. The standard InChI is InChI=1S/C14H26N2OS/c1-5-8-9-16(11(4)6-2)14-15-12(7-3)13(10-17)18-14/h11,17H,5-10H2,1-4H3. The van der Waals surface area contributed by atoms with Crippen LogP contribution < -0.4 is 4.90 Å². The molecule has 0 aliphatic heterocycles. The van der Waals surface area contributed by atoms with Gasteiger partial charge in [-0.05, 0) is 26.2 Å². The third kappa shape index (κ3) is 3.69. The SMILES string of the molecule is CCCCN(c1nc(CC)c(CO)s1)C(C)CC. The van der Waals surface area contributed by atoms with Crippen LogP contribution in [0, 0.1) is 0 Å². The number of rotatable bonds is 8. The summed E-state index contributed by atoms with van der Waals surface area (Å²) < 4.78 is 0. The summed E-state index contributed by atoms with van der Waals surface area (Å²) in [5.74, 6) is 0. The number of aliphatic hydroxyl groups excluding tert-OH is 1. The van der Waals surface area contributed by atoms with Gasteiger partial charge in [0, 0.05) is 12.6 Å². The summed E-state index contributed by atoms with van der Waals surface area (Å²) in [5.41, 5.74) is 1.06. The number of hydrogen-bond donors (Lipinski definition) is 1. The molecule has 0 amide bonds. The number of hydrogen-bond acceptors (Lipinski definition) is 4. The lowest BCUT2D eigenvalue weighted by atomic mass is 10.2. The van der Waals surface area contributed by atoms with Crippen LogP contribution >= 0.6 is 11.3 Å².